The van der Waals surface area contributed by atoms with Gasteiger partial charge in [-0.15, -0.1) is 11.6 Å². The molecule has 1 aromatic carbocycles. The zero-order chi connectivity index (χ0) is 13.1. The van der Waals surface area contributed by atoms with Gasteiger partial charge in [0.15, 0.2) is 0 Å². The average molecular weight is 353 g/mol. The van der Waals surface area contributed by atoms with Crippen molar-refractivity contribution >= 4 is 45.0 Å². The molecule has 1 fully saturated rings. The lowest BCUT2D eigenvalue weighted by Crippen LogP contribution is -2.46. The van der Waals surface area contributed by atoms with Gasteiger partial charge in [-0.25, -0.2) is 0 Å². The molecule has 1 unspecified atom stereocenters. The normalized spacial score (nSPS) is 19.9. The summed E-state index contributed by atoms with van der Waals surface area (Å²) in [6, 6.07) is 5.24. The van der Waals surface area contributed by atoms with Gasteiger partial charge in [0.1, 0.15) is 0 Å². The molecule has 0 bridgehead atoms. The van der Waals surface area contributed by atoms with Crippen molar-refractivity contribution in [1.82, 2.24) is 4.90 Å². The highest BCUT2D eigenvalue weighted by Gasteiger charge is 2.25. The molecule has 1 aromatic rings. The molecule has 0 saturated carbocycles. The van der Waals surface area contributed by atoms with E-state index in [9.17, 15) is 4.79 Å². The van der Waals surface area contributed by atoms with Gasteiger partial charge in [-0.3, -0.25) is 4.79 Å². The van der Waals surface area contributed by atoms with Gasteiger partial charge in [0.05, 0.1) is 29.2 Å². The van der Waals surface area contributed by atoms with Crippen LogP contribution < -0.4 is 0 Å². The summed E-state index contributed by atoms with van der Waals surface area (Å²) in [5.41, 5.74) is 0.509. The highest BCUT2D eigenvalue weighted by molar-refractivity contribution is 9.10. The molecule has 0 aromatic heterocycles. The predicted octanol–water partition coefficient (Wildman–Crippen LogP) is 3.18. The molecule has 1 aliphatic heterocycles. The van der Waals surface area contributed by atoms with E-state index < -0.39 is 0 Å². The summed E-state index contributed by atoms with van der Waals surface area (Å²) in [4.78, 5) is 14.0. The molecular weight excluding hydrogens is 341 g/mol. The summed E-state index contributed by atoms with van der Waals surface area (Å²) in [5, 5.41) is 0.447. The van der Waals surface area contributed by atoms with E-state index in [1.165, 1.54) is 0 Å². The summed E-state index contributed by atoms with van der Waals surface area (Å²) < 4.78 is 6.28. The molecule has 1 atom stereocenters. The number of carbonyl (C=O) groups excluding carboxylic acids is 1. The van der Waals surface area contributed by atoms with E-state index in [2.05, 4.69) is 15.9 Å². The molecule has 98 valence electrons. The predicted molar refractivity (Wildman–Crippen MR) is 75.5 cm³/mol. The van der Waals surface area contributed by atoms with Crippen molar-refractivity contribution in [3.05, 3.63) is 33.3 Å². The van der Waals surface area contributed by atoms with Gasteiger partial charge in [0.2, 0.25) is 0 Å². The third-order valence-corrected chi connectivity index (χ3v) is 3.91. The quantitative estimate of drug-likeness (QED) is 0.765. The average Bonchev–Trinajstić information content (AvgIpc) is 2.38. The minimum Gasteiger partial charge on any atom is -0.373 e. The summed E-state index contributed by atoms with van der Waals surface area (Å²) in [5.74, 6) is 0.309. The van der Waals surface area contributed by atoms with Crippen molar-refractivity contribution in [3.8, 4) is 0 Å². The number of amides is 1. The first-order valence-electron chi connectivity index (χ1n) is 5.53. The Morgan fingerprint density at radius 1 is 1.56 bits per heavy atom. The lowest BCUT2D eigenvalue weighted by molar-refractivity contribution is -0.0107. The number of morpholine rings is 1. The largest absolute Gasteiger partial charge is 0.373 e. The van der Waals surface area contributed by atoms with Crippen molar-refractivity contribution in [2.45, 2.75) is 6.10 Å². The van der Waals surface area contributed by atoms with Gasteiger partial charge in [-0.2, -0.15) is 0 Å². The molecule has 1 amide bonds. The number of benzene rings is 1. The molecule has 3 nitrogen and oxygen atoms in total. The number of rotatable bonds is 2. The van der Waals surface area contributed by atoms with E-state index in [-0.39, 0.29) is 12.0 Å². The monoisotopic (exact) mass is 351 g/mol. The van der Waals surface area contributed by atoms with Crippen LogP contribution in [-0.2, 0) is 4.74 Å². The second-order valence-corrected chi connectivity index (χ2v) is 5.65. The van der Waals surface area contributed by atoms with E-state index in [0.717, 1.165) is 4.47 Å². The molecule has 0 radical (unpaired) electrons. The van der Waals surface area contributed by atoms with Crippen LogP contribution in [0.5, 0.6) is 0 Å². The summed E-state index contributed by atoms with van der Waals surface area (Å²) in [6.45, 7) is 1.59. The standard InChI is InChI=1S/C12H12BrCl2NO2/c13-8-1-2-10(11(15)5-8)12(17)16-3-4-18-9(6-14)7-16/h1-2,5,9H,3-4,6-7H2. The zero-order valence-corrected chi connectivity index (χ0v) is 12.6. The van der Waals surface area contributed by atoms with E-state index in [1.54, 1.807) is 23.1 Å². The molecule has 1 saturated heterocycles. The Bertz CT molecular complexity index is 456. The second-order valence-electron chi connectivity index (χ2n) is 4.02. The third kappa shape index (κ3) is 3.18. The Balaban J connectivity index is 2.15. The Morgan fingerprint density at radius 3 is 3.00 bits per heavy atom. The SMILES string of the molecule is O=C(c1ccc(Br)cc1Cl)N1CCOC(CCl)C1. The van der Waals surface area contributed by atoms with Gasteiger partial charge < -0.3 is 9.64 Å². The van der Waals surface area contributed by atoms with Crippen molar-refractivity contribution in [2.24, 2.45) is 0 Å². The highest BCUT2D eigenvalue weighted by atomic mass is 79.9. The van der Waals surface area contributed by atoms with Crippen LogP contribution in [0.4, 0.5) is 0 Å². The number of hydrogen-bond acceptors (Lipinski definition) is 2. The van der Waals surface area contributed by atoms with Crippen LogP contribution in [-0.4, -0.2) is 42.5 Å². The summed E-state index contributed by atoms with van der Waals surface area (Å²) in [6.07, 6.45) is -0.0985. The minimum atomic E-state index is -0.0985. The number of alkyl halides is 1. The minimum absolute atomic E-state index is 0.0779. The molecule has 0 aliphatic carbocycles. The van der Waals surface area contributed by atoms with E-state index in [0.29, 0.717) is 36.2 Å². The molecule has 2 rings (SSSR count). The van der Waals surface area contributed by atoms with Crippen LogP contribution in [0.3, 0.4) is 0 Å². The molecule has 1 heterocycles. The zero-order valence-electron chi connectivity index (χ0n) is 9.54. The van der Waals surface area contributed by atoms with Crippen molar-refractivity contribution in [1.29, 1.82) is 0 Å². The van der Waals surface area contributed by atoms with Gasteiger partial charge in [-0.05, 0) is 18.2 Å². The van der Waals surface area contributed by atoms with Crippen LogP contribution in [0.25, 0.3) is 0 Å². The Kier molecular flexibility index (Phi) is 4.90. The lowest BCUT2D eigenvalue weighted by Gasteiger charge is -2.32. The van der Waals surface area contributed by atoms with E-state index in [1.807, 2.05) is 0 Å². The third-order valence-electron chi connectivity index (χ3n) is 2.76. The van der Waals surface area contributed by atoms with Crippen LogP contribution in [0.1, 0.15) is 10.4 Å². The topological polar surface area (TPSA) is 29.5 Å². The van der Waals surface area contributed by atoms with E-state index >= 15 is 0 Å². The molecule has 1 aliphatic rings. The fourth-order valence-corrected chi connectivity index (χ4v) is 2.77. The maximum absolute atomic E-state index is 12.3. The maximum atomic E-state index is 12.3. The van der Waals surface area contributed by atoms with Crippen LogP contribution >= 0.6 is 39.1 Å². The Hall–Kier alpha value is -0.290. The Morgan fingerprint density at radius 2 is 2.33 bits per heavy atom. The number of hydrogen-bond donors (Lipinski definition) is 0. The molecular formula is C12H12BrCl2NO2. The molecule has 0 N–H and O–H groups in total. The van der Waals surface area contributed by atoms with Crippen LogP contribution in [0.15, 0.2) is 22.7 Å². The molecule has 6 heteroatoms. The fraction of sp³-hybridized carbons (Fsp3) is 0.417. The lowest BCUT2D eigenvalue weighted by atomic mass is 10.1. The smallest absolute Gasteiger partial charge is 0.255 e. The molecule has 0 spiro atoms. The Labute approximate surface area is 124 Å². The molecule has 18 heavy (non-hydrogen) atoms. The van der Waals surface area contributed by atoms with Gasteiger partial charge in [0.25, 0.3) is 5.91 Å². The second kappa shape index (κ2) is 6.24. The van der Waals surface area contributed by atoms with Crippen molar-refractivity contribution < 1.29 is 9.53 Å². The number of halogens is 3. The number of nitrogens with zero attached hydrogens (tertiary/aromatic N) is 1. The van der Waals surface area contributed by atoms with Crippen molar-refractivity contribution in [2.75, 3.05) is 25.6 Å². The van der Waals surface area contributed by atoms with E-state index in [4.69, 9.17) is 27.9 Å². The van der Waals surface area contributed by atoms with Gasteiger partial charge >= 0.3 is 0 Å². The number of ether oxygens (including phenoxy) is 1. The van der Waals surface area contributed by atoms with Gasteiger partial charge in [-0.1, -0.05) is 27.5 Å². The van der Waals surface area contributed by atoms with Crippen LogP contribution in [0.2, 0.25) is 5.02 Å². The van der Waals surface area contributed by atoms with Gasteiger partial charge in [0, 0.05) is 17.6 Å². The highest BCUT2D eigenvalue weighted by Crippen LogP contribution is 2.23. The number of carbonyl (C=O) groups is 1. The van der Waals surface area contributed by atoms with Crippen molar-refractivity contribution in [3.63, 3.8) is 0 Å². The first kappa shape index (κ1) is 14.1. The summed E-state index contributed by atoms with van der Waals surface area (Å²) in [7, 11) is 0. The maximum Gasteiger partial charge on any atom is 0.255 e. The van der Waals surface area contributed by atoms with Crippen LogP contribution in [0, 0.1) is 0 Å². The fourth-order valence-electron chi connectivity index (χ4n) is 1.83. The first-order valence-corrected chi connectivity index (χ1v) is 7.24. The first-order chi connectivity index (χ1) is 8.61. The summed E-state index contributed by atoms with van der Waals surface area (Å²) >= 11 is 15.1.